The normalized spacial score (nSPS) is 11.6. The van der Waals surface area contributed by atoms with Crippen molar-refractivity contribution in [3.8, 4) is 11.5 Å². The van der Waals surface area contributed by atoms with Crippen molar-refractivity contribution in [3.63, 3.8) is 0 Å². The Morgan fingerprint density at radius 3 is 2.37 bits per heavy atom. The van der Waals surface area contributed by atoms with Gasteiger partial charge >= 0.3 is 6.61 Å². The Morgan fingerprint density at radius 1 is 1.13 bits per heavy atom. The summed E-state index contributed by atoms with van der Waals surface area (Å²) in [5, 5.41) is 2.30. The molecule has 0 saturated heterocycles. The third-order valence-electron chi connectivity index (χ3n) is 3.74. The lowest BCUT2D eigenvalue weighted by atomic mass is 10.2. The van der Waals surface area contributed by atoms with Crippen molar-refractivity contribution in [1.82, 2.24) is 4.31 Å². The van der Waals surface area contributed by atoms with Crippen molar-refractivity contribution in [2.75, 3.05) is 26.0 Å². The zero-order valence-corrected chi connectivity index (χ0v) is 18.4. The Labute approximate surface area is 182 Å². The number of amides is 1. The predicted octanol–water partition coefficient (Wildman–Crippen LogP) is 4.50. The molecule has 0 fully saturated rings. The first kappa shape index (κ1) is 24.1. The van der Waals surface area contributed by atoms with Gasteiger partial charge in [0, 0.05) is 25.8 Å². The summed E-state index contributed by atoms with van der Waals surface area (Å²) in [6, 6.07) is 6.03. The highest BCUT2D eigenvalue weighted by Crippen LogP contribution is 2.33. The van der Waals surface area contributed by atoms with Crippen LogP contribution in [-0.2, 0) is 10.0 Å². The highest BCUT2D eigenvalue weighted by Gasteiger charge is 2.25. The van der Waals surface area contributed by atoms with Gasteiger partial charge in [-0.2, -0.15) is 8.78 Å². The number of halogens is 4. The van der Waals surface area contributed by atoms with Crippen molar-refractivity contribution in [2.45, 2.75) is 18.4 Å². The maximum Gasteiger partial charge on any atom is 0.387 e. The van der Waals surface area contributed by atoms with Crippen LogP contribution >= 0.6 is 23.2 Å². The number of rotatable bonds is 8. The van der Waals surface area contributed by atoms with Gasteiger partial charge in [0.15, 0.2) is 11.5 Å². The molecule has 0 saturated carbocycles. The molecule has 12 heteroatoms. The SMILES string of the molecule is CCOc1cc(NC(=O)c2cc(S(=O)(=O)N(C)C)c(Cl)cc2Cl)ccc1OC(F)F. The van der Waals surface area contributed by atoms with Crippen molar-refractivity contribution >= 4 is 44.8 Å². The molecular formula is C18H18Cl2F2N2O5S. The summed E-state index contributed by atoms with van der Waals surface area (Å²) in [5.74, 6) is -0.945. The fourth-order valence-electron chi connectivity index (χ4n) is 2.34. The third kappa shape index (κ3) is 5.51. The number of carbonyl (C=O) groups is 1. The number of nitrogens with zero attached hydrogens (tertiary/aromatic N) is 1. The standard InChI is InChI=1S/C18H18Cl2F2N2O5S/c1-4-28-15-7-10(5-6-14(15)29-18(21)22)23-17(25)11-8-16(13(20)9-12(11)19)30(26,27)24(2)3/h5-9,18H,4H2,1-3H3,(H,23,25). The lowest BCUT2D eigenvalue weighted by Gasteiger charge is -2.16. The third-order valence-corrected chi connectivity index (χ3v) is 6.33. The van der Waals surface area contributed by atoms with E-state index in [1.807, 2.05) is 0 Å². The van der Waals surface area contributed by atoms with Crippen LogP contribution in [0.2, 0.25) is 10.0 Å². The number of nitrogens with one attached hydrogen (secondary N) is 1. The van der Waals surface area contributed by atoms with E-state index in [0.717, 1.165) is 16.4 Å². The first-order valence-corrected chi connectivity index (χ1v) is 10.6. The second-order valence-corrected chi connectivity index (χ2v) is 8.91. The fourth-order valence-corrected chi connectivity index (χ4v) is 4.07. The molecule has 2 aromatic rings. The number of anilines is 1. The van der Waals surface area contributed by atoms with E-state index < -0.39 is 22.5 Å². The van der Waals surface area contributed by atoms with Crippen LogP contribution in [0.25, 0.3) is 0 Å². The lowest BCUT2D eigenvalue weighted by molar-refractivity contribution is -0.0514. The van der Waals surface area contributed by atoms with Gasteiger partial charge in [-0.3, -0.25) is 4.79 Å². The molecule has 0 heterocycles. The second kappa shape index (κ2) is 9.78. The Kier molecular flexibility index (Phi) is 7.87. The first-order valence-electron chi connectivity index (χ1n) is 8.42. The van der Waals surface area contributed by atoms with E-state index in [0.29, 0.717) is 0 Å². The lowest BCUT2D eigenvalue weighted by Crippen LogP contribution is -2.23. The average molecular weight is 483 g/mol. The zero-order chi connectivity index (χ0) is 22.6. The summed E-state index contributed by atoms with van der Waals surface area (Å²) in [6.07, 6.45) is 0. The number of benzene rings is 2. The van der Waals surface area contributed by atoms with E-state index in [1.54, 1.807) is 6.92 Å². The van der Waals surface area contributed by atoms with Crippen LogP contribution in [0.5, 0.6) is 11.5 Å². The van der Waals surface area contributed by atoms with Gasteiger partial charge in [-0.05, 0) is 31.2 Å². The molecule has 30 heavy (non-hydrogen) atoms. The first-order chi connectivity index (χ1) is 14.0. The second-order valence-electron chi connectivity index (χ2n) is 5.98. The van der Waals surface area contributed by atoms with E-state index in [4.69, 9.17) is 27.9 Å². The number of hydrogen-bond acceptors (Lipinski definition) is 5. The summed E-state index contributed by atoms with van der Waals surface area (Å²) in [7, 11) is -1.29. The number of sulfonamides is 1. The van der Waals surface area contributed by atoms with Gasteiger partial charge in [-0.1, -0.05) is 23.2 Å². The summed E-state index contributed by atoms with van der Waals surface area (Å²) in [5.41, 5.74) is 0.0421. The maximum absolute atomic E-state index is 12.7. The highest BCUT2D eigenvalue weighted by atomic mass is 35.5. The van der Waals surface area contributed by atoms with Crippen LogP contribution in [0, 0.1) is 0 Å². The van der Waals surface area contributed by atoms with Crippen molar-refractivity contribution < 1.29 is 31.5 Å². The molecule has 1 N–H and O–H groups in total. The number of hydrogen-bond donors (Lipinski definition) is 1. The Hall–Kier alpha value is -2.14. The van der Waals surface area contributed by atoms with E-state index >= 15 is 0 Å². The molecule has 0 radical (unpaired) electrons. The molecule has 7 nitrogen and oxygen atoms in total. The largest absolute Gasteiger partial charge is 0.490 e. The summed E-state index contributed by atoms with van der Waals surface area (Å²) >= 11 is 12.1. The van der Waals surface area contributed by atoms with Crippen LogP contribution < -0.4 is 14.8 Å². The van der Waals surface area contributed by atoms with Crippen LogP contribution in [0.3, 0.4) is 0 Å². The maximum atomic E-state index is 12.7. The molecular weight excluding hydrogens is 465 g/mol. The van der Waals surface area contributed by atoms with E-state index in [1.165, 1.54) is 32.3 Å². The van der Waals surface area contributed by atoms with Crippen LogP contribution in [0.4, 0.5) is 14.5 Å². The van der Waals surface area contributed by atoms with Crippen LogP contribution in [0.1, 0.15) is 17.3 Å². The molecule has 0 aliphatic rings. The van der Waals surface area contributed by atoms with Crippen molar-refractivity contribution in [1.29, 1.82) is 0 Å². The Morgan fingerprint density at radius 2 is 1.80 bits per heavy atom. The van der Waals surface area contributed by atoms with E-state index in [-0.39, 0.29) is 44.3 Å². The molecule has 2 rings (SSSR count). The Balaban J connectivity index is 2.39. The minimum atomic E-state index is -3.93. The molecule has 0 bridgehead atoms. The van der Waals surface area contributed by atoms with Crippen molar-refractivity contribution in [2.24, 2.45) is 0 Å². The van der Waals surface area contributed by atoms with Gasteiger partial charge in [0.25, 0.3) is 5.91 Å². The molecule has 0 unspecified atom stereocenters. The van der Waals surface area contributed by atoms with Gasteiger partial charge in [0.2, 0.25) is 10.0 Å². The fraction of sp³-hybridized carbons (Fsp3) is 0.278. The van der Waals surface area contributed by atoms with Crippen molar-refractivity contribution in [3.05, 3.63) is 45.9 Å². The molecule has 0 aliphatic carbocycles. The highest BCUT2D eigenvalue weighted by molar-refractivity contribution is 7.89. The van der Waals surface area contributed by atoms with Crippen LogP contribution in [0.15, 0.2) is 35.2 Å². The van der Waals surface area contributed by atoms with Gasteiger partial charge in [-0.15, -0.1) is 0 Å². The summed E-state index contributed by atoms with van der Waals surface area (Å²) in [6.45, 7) is -1.22. The average Bonchev–Trinajstić information content (AvgIpc) is 2.63. The van der Waals surface area contributed by atoms with Gasteiger partial charge in [-0.25, -0.2) is 12.7 Å². The molecule has 0 spiro atoms. The Bertz CT molecular complexity index is 1050. The quantitative estimate of drug-likeness (QED) is 0.598. The number of ether oxygens (including phenoxy) is 2. The molecule has 2 aromatic carbocycles. The molecule has 0 aromatic heterocycles. The summed E-state index contributed by atoms with van der Waals surface area (Å²) < 4.78 is 60.4. The minimum Gasteiger partial charge on any atom is -0.490 e. The van der Waals surface area contributed by atoms with Crippen LogP contribution in [-0.4, -0.2) is 45.9 Å². The number of alkyl halides is 2. The smallest absolute Gasteiger partial charge is 0.387 e. The molecule has 1 amide bonds. The minimum absolute atomic E-state index is 0.00585. The van der Waals surface area contributed by atoms with Gasteiger partial charge in [0.05, 0.1) is 22.2 Å². The molecule has 164 valence electrons. The molecule has 0 atom stereocenters. The summed E-state index contributed by atoms with van der Waals surface area (Å²) in [4.78, 5) is 12.4. The zero-order valence-electron chi connectivity index (χ0n) is 16.1. The topological polar surface area (TPSA) is 84.9 Å². The predicted molar refractivity (Wildman–Crippen MR) is 110 cm³/mol. The van der Waals surface area contributed by atoms with Gasteiger partial charge < -0.3 is 14.8 Å². The van der Waals surface area contributed by atoms with E-state index in [2.05, 4.69) is 10.1 Å². The molecule has 0 aliphatic heterocycles. The van der Waals surface area contributed by atoms with Gasteiger partial charge in [0.1, 0.15) is 4.90 Å². The number of carbonyl (C=O) groups excluding carboxylic acids is 1. The monoisotopic (exact) mass is 482 g/mol. The van der Waals surface area contributed by atoms with E-state index in [9.17, 15) is 22.0 Å².